The van der Waals surface area contributed by atoms with E-state index < -0.39 is 0 Å². The zero-order valence-corrected chi connectivity index (χ0v) is 19.7. The first-order valence-corrected chi connectivity index (χ1v) is 9.70. The van der Waals surface area contributed by atoms with E-state index in [9.17, 15) is 4.79 Å². The predicted octanol–water partition coefficient (Wildman–Crippen LogP) is 5.54. The van der Waals surface area contributed by atoms with Crippen LogP contribution in [0.3, 0.4) is 0 Å². The average molecular weight is 582 g/mol. The van der Waals surface area contributed by atoms with Crippen LogP contribution in [0.15, 0.2) is 65.1 Å². The fraction of sp³-hybridized carbons (Fsp3) is 0.250. The molecular weight excluding hydrogens is 556 g/mol. The number of benzene rings is 2. The van der Waals surface area contributed by atoms with Crippen LogP contribution in [-0.2, 0) is 24.9 Å². The summed E-state index contributed by atoms with van der Waals surface area (Å²) < 4.78 is 10.1. The van der Waals surface area contributed by atoms with E-state index in [1.54, 1.807) is 0 Å². The molecule has 0 spiro atoms. The Hall–Kier alpha value is -2.78. The number of carbonyl (C=O) groups is 1. The number of hydrogen-bond acceptors (Lipinski definition) is 3. The van der Waals surface area contributed by atoms with Crippen LogP contribution >= 0.6 is 0 Å². The van der Waals surface area contributed by atoms with E-state index in [2.05, 4.69) is 35.7 Å². The van der Waals surface area contributed by atoms with Gasteiger partial charge in [0.25, 0.3) is 6.20 Å². The topological polar surface area (TPSA) is 56.5 Å². The fourth-order valence-corrected chi connectivity index (χ4v) is 3.08. The first kappa shape index (κ1) is 23.5. The largest absolute Gasteiger partial charge is 0.512 e. The number of furan rings is 1. The van der Waals surface area contributed by atoms with Gasteiger partial charge < -0.3 is 9.52 Å². The van der Waals surface area contributed by atoms with Crippen molar-refractivity contribution in [1.82, 2.24) is 0 Å². The maximum atomic E-state index is 10.0. The van der Waals surface area contributed by atoms with Crippen molar-refractivity contribution in [3.8, 4) is 0 Å². The SMILES string of the molecule is CC(=O)/C=C(/C)O.CCCC[N+]1=C=[N+](c2[c-]ccc3c2oc2ccccc23)C=C1.[Ir]. The van der Waals surface area contributed by atoms with Crippen LogP contribution in [0.25, 0.3) is 21.9 Å². The molecule has 0 amide bonds. The molecule has 1 aliphatic rings. The molecule has 0 saturated carbocycles. The first-order chi connectivity index (χ1) is 14.0. The second-order valence-electron chi connectivity index (χ2n) is 6.88. The second-order valence-corrected chi connectivity index (χ2v) is 6.88. The second kappa shape index (κ2) is 10.8. The summed E-state index contributed by atoms with van der Waals surface area (Å²) in [6, 6.07) is 18.7. The molecule has 0 fully saturated rings. The van der Waals surface area contributed by atoms with Gasteiger partial charge in [0.05, 0.1) is 11.3 Å². The van der Waals surface area contributed by atoms with Crippen molar-refractivity contribution in [2.24, 2.45) is 0 Å². The van der Waals surface area contributed by atoms with Crippen LogP contribution in [-0.4, -0.2) is 32.6 Å². The third-order valence-corrected chi connectivity index (χ3v) is 4.36. The molecule has 4 rings (SSSR count). The quantitative estimate of drug-likeness (QED) is 0.187. The average Bonchev–Trinajstić information content (AvgIpc) is 3.30. The Labute approximate surface area is 189 Å². The molecule has 0 unspecified atom stereocenters. The smallest absolute Gasteiger partial charge is 0.493 e. The number of aliphatic hydroxyl groups excluding tert-OH is 1. The predicted molar refractivity (Wildman–Crippen MR) is 114 cm³/mol. The maximum absolute atomic E-state index is 10.0. The van der Waals surface area contributed by atoms with Crippen LogP contribution in [0.2, 0.25) is 0 Å². The van der Waals surface area contributed by atoms with Gasteiger partial charge in [0.15, 0.2) is 18.0 Å². The third kappa shape index (κ3) is 5.64. The molecule has 6 heteroatoms. The summed E-state index contributed by atoms with van der Waals surface area (Å²) in [5.74, 6) is -0.0625. The molecule has 5 nitrogen and oxygen atoms in total. The number of rotatable bonds is 5. The van der Waals surface area contributed by atoms with Gasteiger partial charge in [0, 0.05) is 38.0 Å². The maximum Gasteiger partial charge on any atom is 0.493 e. The Morgan fingerprint density at radius 1 is 1.20 bits per heavy atom. The van der Waals surface area contributed by atoms with Gasteiger partial charge in [-0.25, -0.2) is 0 Å². The number of carbonyl (C=O) groups excluding carboxylic acids is 1. The van der Waals surface area contributed by atoms with E-state index >= 15 is 0 Å². The van der Waals surface area contributed by atoms with Crippen LogP contribution < -0.4 is 0 Å². The van der Waals surface area contributed by atoms with Gasteiger partial charge in [-0.1, -0.05) is 46.1 Å². The van der Waals surface area contributed by atoms with Gasteiger partial charge in [-0.2, -0.15) is 12.1 Å². The molecule has 1 aliphatic heterocycles. The molecule has 0 aliphatic carbocycles. The van der Waals surface area contributed by atoms with E-state index in [1.807, 2.05) is 41.2 Å². The molecule has 30 heavy (non-hydrogen) atoms. The van der Waals surface area contributed by atoms with Crippen LogP contribution in [0, 0.1) is 6.07 Å². The molecule has 1 N–H and O–H groups in total. The van der Waals surface area contributed by atoms with Crippen molar-refractivity contribution in [1.29, 1.82) is 0 Å². The molecule has 2 heterocycles. The number of unbranched alkanes of at least 4 members (excludes halogenated alkanes) is 1. The van der Waals surface area contributed by atoms with Crippen molar-refractivity contribution in [2.75, 3.05) is 6.54 Å². The Balaban J connectivity index is 0.000000350. The minimum atomic E-state index is -0.125. The molecule has 1 aromatic heterocycles. The van der Waals surface area contributed by atoms with E-state index in [0.717, 1.165) is 40.6 Å². The number of nitrogens with zero attached hydrogens (tertiary/aromatic N) is 2. The molecule has 0 bridgehead atoms. The van der Waals surface area contributed by atoms with E-state index in [4.69, 9.17) is 9.52 Å². The minimum Gasteiger partial charge on any atom is -0.512 e. The molecule has 3 aromatic rings. The number of fused-ring (bicyclic) bond motifs is 3. The van der Waals surface area contributed by atoms with Crippen molar-refractivity contribution in [2.45, 2.75) is 33.6 Å². The van der Waals surface area contributed by atoms with Gasteiger partial charge in [-0.3, -0.25) is 4.79 Å². The third-order valence-electron chi connectivity index (χ3n) is 4.36. The van der Waals surface area contributed by atoms with Crippen molar-refractivity contribution >= 4 is 39.4 Å². The van der Waals surface area contributed by atoms with Gasteiger partial charge in [-0.05, 0) is 19.9 Å². The van der Waals surface area contributed by atoms with Crippen LogP contribution in [0.5, 0.6) is 0 Å². The number of hydrogen-bond donors (Lipinski definition) is 1. The summed E-state index contributed by atoms with van der Waals surface area (Å²) in [5, 5.41) is 10.6. The van der Waals surface area contributed by atoms with Crippen molar-refractivity contribution < 1.29 is 43.6 Å². The normalized spacial score (nSPS) is 12.8. The number of allylic oxidation sites excluding steroid dienone is 2. The van der Waals surface area contributed by atoms with Crippen molar-refractivity contribution in [3.05, 3.63) is 66.7 Å². The molecule has 0 atom stereocenters. The number of aliphatic hydroxyl groups is 1. The monoisotopic (exact) mass is 582 g/mol. The molecule has 2 aromatic carbocycles. The van der Waals surface area contributed by atoms with Gasteiger partial charge in [0.1, 0.15) is 5.58 Å². The summed E-state index contributed by atoms with van der Waals surface area (Å²) >= 11 is 0. The van der Waals surface area contributed by atoms with Gasteiger partial charge in [-0.15, -0.1) is 6.07 Å². The molecule has 1 radical (unpaired) electrons. The zero-order valence-electron chi connectivity index (χ0n) is 17.3. The summed E-state index contributed by atoms with van der Waals surface area (Å²) in [5.41, 5.74) is 2.67. The first-order valence-electron chi connectivity index (χ1n) is 9.70. The van der Waals surface area contributed by atoms with E-state index in [1.165, 1.54) is 26.3 Å². The van der Waals surface area contributed by atoms with Crippen LogP contribution in [0.1, 0.15) is 33.6 Å². The Morgan fingerprint density at radius 2 is 1.97 bits per heavy atom. The fourth-order valence-electron chi connectivity index (χ4n) is 3.08. The Bertz CT molecular complexity index is 1180. The number of ketones is 1. The van der Waals surface area contributed by atoms with E-state index in [-0.39, 0.29) is 31.6 Å². The van der Waals surface area contributed by atoms with Crippen LogP contribution in [0.4, 0.5) is 5.69 Å². The standard InChI is InChI=1S/C19H17N2O.C5H8O2.Ir/c1-2-3-11-20-12-13-21(14-20)17-9-6-8-16-15-7-4-5-10-18(15)22-19(16)17;1-4(6)3-5(2)7;/h4-8,10,12-13H,2-3,11H2,1H3;3,6H,1-2H3;/q+1;;/b;4-3-;. The van der Waals surface area contributed by atoms with Gasteiger partial charge in [0.2, 0.25) is 6.20 Å². The number of para-hydroxylation sites is 1. The molecular formula is C24H25IrN2O3+. The minimum absolute atomic E-state index is 0. The summed E-state index contributed by atoms with van der Waals surface area (Å²) in [7, 11) is 0. The Morgan fingerprint density at radius 3 is 2.63 bits per heavy atom. The molecule has 0 saturated heterocycles. The van der Waals surface area contributed by atoms with Crippen molar-refractivity contribution in [3.63, 3.8) is 0 Å². The summed E-state index contributed by atoms with van der Waals surface area (Å²) in [6.45, 7) is 6.03. The summed E-state index contributed by atoms with van der Waals surface area (Å²) in [4.78, 5) is 10.0. The van der Waals surface area contributed by atoms with Gasteiger partial charge >= 0.3 is 6.01 Å². The summed E-state index contributed by atoms with van der Waals surface area (Å²) in [6.07, 6.45) is 7.56. The zero-order chi connectivity index (χ0) is 20.8. The Kier molecular flexibility index (Phi) is 8.49. The van der Waals surface area contributed by atoms with E-state index in [0.29, 0.717) is 0 Å². The molecule has 157 valence electrons.